The van der Waals surface area contributed by atoms with E-state index in [0.29, 0.717) is 27.4 Å². The van der Waals surface area contributed by atoms with Gasteiger partial charge in [-0.3, -0.25) is 14.9 Å². The second kappa shape index (κ2) is 8.10. The Balaban J connectivity index is 1.38. The van der Waals surface area contributed by atoms with Crippen LogP contribution in [0.25, 0.3) is 0 Å². The van der Waals surface area contributed by atoms with Crippen LogP contribution in [0.5, 0.6) is 5.75 Å². The highest BCUT2D eigenvalue weighted by molar-refractivity contribution is 6.36. The Morgan fingerprint density at radius 2 is 2.03 bits per heavy atom. The van der Waals surface area contributed by atoms with Gasteiger partial charge in [-0.2, -0.15) is 10.1 Å². The maximum absolute atomic E-state index is 12.1. The number of nitrogens with zero attached hydrogens (tertiary/aromatic N) is 3. The summed E-state index contributed by atoms with van der Waals surface area (Å²) >= 11 is 11.9. The number of benzene rings is 2. The second-order valence-corrected chi connectivity index (χ2v) is 7.17. The molecule has 2 N–H and O–H groups in total. The van der Waals surface area contributed by atoms with Crippen molar-refractivity contribution in [2.75, 3.05) is 17.2 Å². The molecule has 0 fully saturated rings. The Hall–Kier alpha value is -3.10. The fourth-order valence-electron chi connectivity index (χ4n) is 2.98. The molecule has 2 amide bonds. The number of carbonyl (C=O) groups is 2. The summed E-state index contributed by atoms with van der Waals surface area (Å²) in [5.74, 6) is 0.470. The van der Waals surface area contributed by atoms with Crippen LogP contribution in [-0.2, 0) is 9.59 Å². The minimum absolute atomic E-state index is 0.117. The molecule has 10 heteroatoms. The van der Waals surface area contributed by atoms with Gasteiger partial charge in [-0.05, 0) is 35.9 Å². The van der Waals surface area contributed by atoms with Crippen molar-refractivity contribution in [1.82, 2.24) is 14.8 Å². The van der Waals surface area contributed by atoms with E-state index in [-0.39, 0.29) is 30.9 Å². The zero-order chi connectivity index (χ0) is 20.4. The van der Waals surface area contributed by atoms with E-state index >= 15 is 0 Å². The van der Waals surface area contributed by atoms with Crippen LogP contribution < -0.4 is 15.4 Å². The number of hydrogen-bond donors (Lipinski definition) is 2. The van der Waals surface area contributed by atoms with Crippen LogP contribution in [0.2, 0.25) is 10.0 Å². The molecular formula is C19H15Cl2N5O3. The third-order valence-electron chi connectivity index (χ3n) is 4.34. The number of anilines is 2. The minimum Gasteiger partial charge on any atom is -0.484 e. The number of carbonyl (C=O) groups excluding carboxylic acids is 2. The van der Waals surface area contributed by atoms with Crippen LogP contribution in [0.15, 0.2) is 48.8 Å². The van der Waals surface area contributed by atoms with Crippen molar-refractivity contribution in [3.8, 4) is 5.75 Å². The van der Waals surface area contributed by atoms with Crippen molar-refractivity contribution in [3.63, 3.8) is 0 Å². The SMILES string of the molecule is O=C(COc1ccc([C@H]2CC(=O)Nc3ncnn32)cc1)Nc1ccc(Cl)cc1Cl. The predicted octanol–water partition coefficient (Wildman–Crippen LogP) is 3.53. The summed E-state index contributed by atoms with van der Waals surface area (Å²) in [6.45, 7) is -0.183. The first kappa shape index (κ1) is 19.2. The van der Waals surface area contributed by atoms with Crippen LogP contribution >= 0.6 is 23.2 Å². The van der Waals surface area contributed by atoms with Gasteiger partial charge in [-0.1, -0.05) is 35.3 Å². The molecule has 0 saturated carbocycles. The van der Waals surface area contributed by atoms with E-state index in [0.717, 1.165) is 5.56 Å². The Morgan fingerprint density at radius 1 is 1.24 bits per heavy atom. The van der Waals surface area contributed by atoms with Crippen LogP contribution in [0.3, 0.4) is 0 Å². The number of aromatic nitrogens is 3. The van der Waals surface area contributed by atoms with Crippen LogP contribution in [0.4, 0.5) is 11.6 Å². The molecule has 0 saturated heterocycles. The minimum atomic E-state index is -0.352. The first-order valence-electron chi connectivity index (χ1n) is 8.66. The van der Waals surface area contributed by atoms with Crippen molar-refractivity contribution >= 4 is 46.7 Å². The van der Waals surface area contributed by atoms with Crippen LogP contribution in [0.1, 0.15) is 18.0 Å². The zero-order valence-electron chi connectivity index (χ0n) is 14.9. The van der Waals surface area contributed by atoms with Crippen molar-refractivity contribution in [2.24, 2.45) is 0 Å². The predicted molar refractivity (Wildman–Crippen MR) is 108 cm³/mol. The fourth-order valence-corrected chi connectivity index (χ4v) is 3.43. The lowest BCUT2D eigenvalue weighted by Crippen LogP contribution is -2.29. The summed E-state index contributed by atoms with van der Waals surface area (Å²) in [6.07, 6.45) is 1.66. The molecule has 0 radical (unpaired) electrons. The highest BCUT2D eigenvalue weighted by Crippen LogP contribution is 2.29. The van der Waals surface area contributed by atoms with Crippen molar-refractivity contribution in [2.45, 2.75) is 12.5 Å². The van der Waals surface area contributed by atoms with Crippen molar-refractivity contribution < 1.29 is 14.3 Å². The van der Waals surface area contributed by atoms with Crippen LogP contribution in [-0.4, -0.2) is 33.2 Å². The lowest BCUT2D eigenvalue weighted by Gasteiger charge is -2.23. The molecule has 29 heavy (non-hydrogen) atoms. The van der Waals surface area contributed by atoms with E-state index in [1.807, 2.05) is 12.1 Å². The zero-order valence-corrected chi connectivity index (χ0v) is 16.4. The molecule has 0 aliphatic carbocycles. The molecule has 1 atom stereocenters. The maximum atomic E-state index is 12.1. The lowest BCUT2D eigenvalue weighted by molar-refractivity contribution is -0.118. The number of ether oxygens (including phenoxy) is 1. The van der Waals surface area contributed by atoms with Gasteiger partial charge in [0.25, 0.3) is 5.91 Å². The molecular weight excluding hydrogens is 417 g/mol. The largest absolute Gasteiger partial charge is 0.484 e. The number of nitrogens with one attached hydrogen (secondary N) is 2. The second-order valence-electron chi connectivity index (χ2n) is 6.33. The molecule has 148 valence electrons. The number of halogens is 2. The van der Waals surface area contributed by atoms with Gasteiger partial charge in [0.1, 0.15) is 12.1 Å². The summed E-state index contributed by atoms with van der Waals surface area (Å²) < 4.78 is 7.19. The monoisotopic (exact) mass is 431 g/mol. The third kappa shape index (κ3) is 4.33. The number of fused-ring (bicyclic) bond motifs is 1. The first-order valence-corrected chi connectivity index (χ1v) is 9.42. The van der Waals surface area contributed by atoms with Gasteiger partial charge >= 0.3 is 0 Å². The Labute approximate surface area is 175 Å². The summed E-state index contributed by atoms with van der Waals surface area (Å²) in [6, 6.07) is 11.7. The Morgan fingerprint density at radius 3 is 2.79 bits per heavy atom. The van der Waals surface area contributed by atoms with E-state index in [1.165, 1.54) is 6.33 Å². The molecule has 1 aromatic heterocycles. The molecule has 2 aromatic carbocycles. The normalized spacial score (nSPS) is 15.4. The van der Waals surface area contributed by atoms with Gasteiger partial charge in [-0.25, -0.2) is 4.68 Å². The first-order chi connectivity index (χ1) is 14.0. The molecule has 1 aliphatic rings. The Bertz CT molecular complexity index is 1070. The van der Waals surface area contributed by atoms with Crippen molar-refractivity contribution in [1.29, 1.82) is 0 Å². The Kier molecular flexibility index (Phi) is 5.37. The molecule has 1 aliphatic heterocycles. The summed E-state index contributed by atoms with van der Waals surface area (Å²) in [5.41, 5.74) is 1.34. The van der Waals surface area contributed by atoms with E-state index in [2.05, 4.69) is 20.7 Å². The van der Waals surface area contributed by atoms with Gasteiger partial charge in [0, 0.05) is 5.02 Å². The fraction of sp³-hybridized carbons (Fsp3) is 0.158. The highest BCUT2D eigenvalue weighted by atomic mass is 35.5. The lowest BCUT2D eigenvalue weighted by atomic mass is 10.0. The topological polar surface area (TPSA) is 98.1 Å². The molecule has 0 unspecified atom stereocenters. The van der Waals surface area contributed by atoms with Gasteiger partial charge in [-0.15, -0.1) is 0 Å². The molecule has 8 nitrogen and oxygen atoms in total. The number of hydrogen-bond acceptors (Lipinski definition) is 5. The van der Waals surface area contributed by atoms with E-state index in [1.54, 1.807) is 35.0 Å². The average molecular weight is 432 g/mol. The van der Waals surface area contributed by atoms with E-state index in [9.17, 15) is 9.59 Å². The summed E-state index contributed by atoms with van der Waals surface area (Å²) in [4.78, 5) is 28.0. The molecule has 2 heterocycles. The molecule has 3 aromatic rings. The summed E-state index contributed by atoms with van der Waals surface area (Å²) in [5, 5.41) is 10.3. The van der Waals surface area contributed by atoms with Gasteiger partial charge < -0.3 is 10.1 Å². The molecule has 4 rings (SSSR count). The average Bonchev–Trinajstić information content (AvgIpc) is 3.17. The third-order valence-corrected chi connectivity index (χ3v) is 4.89. The summed E-state index contributed by atoms with van der Waals surface area (Å²) in [7, 11) is 0. The van der Waals surface area contributed by atoms with Gasteiger partial charge in [0.15, 0.2) is 6.61 Å². The van der Waals surface area contributed by atoms with Gasteiger partial charge in [0.2, 0.25) is 11.9 Å². The van der Waals surface area contributed by atoms with E-state index in [4.69, 9.17) is 27.9 Å². The number of amides is 2. The smallest absolute Gasteiger partial charge is 0.262 e. The van der Waals surface area contributed by atoms with Crippen molar-refractivity contribution in [3.05, 3.63) is 64.4 Å². The standard InChI is InChI=1S/C19H15Cl2N5O3/c20-12-3-6-15(14(21)7-12)24-18(28)9-29-13-4-1-11(2-5-13)16-8-17(27)25-19-22-10-23-26(16)19/h1-7,10,16H,8-9H2,(H,24,28)(H,22,23,25,27)/t16-/m1/s1. The highest BCUT2D eigenvalue weighted by Gasteiger charge is 2.27. The van der Waals surface area contributed by atoms with Crippen LogP contribution in [0, 0.1) is 0 Å². The quantitative estimate of drug-likeness (QED) is 0.643. The molecule has 0 spiro atoms. The van der Waals surface area contributed by atoms with Gasteiger partial charge in [0.05, 0.1) is 23.2 Å². The number of rotatable bonds is 5. The maximum Gasteiger partial charge on any atom is 0.262 e. The van der Waals surface area contributed by atoms with E-state index < -0.39 is 0 Å². The molecule has 0 bridgehead atoms.